The molecule has 2 aliphatic heterocycles. The largest absolute Gasteiger partial charge is 0.310 e. The molecule has 17 rings (SSSR count). The van der Waals surface area contributed by atoms with Crippen molar-refractivity contribution in [2.75, 3.05) is 9.80 Å². The Labute approximate surface area is 713 Å². The van der Waals surface area contributed by atoms with Gasteiger partial charge < -0.3 is 18.9 Å². The average molecular weight is 1520 g/mol. The fourth-order valence-corrected chi connectivity index (χ4v) is 16.1. The average Bonchev–Trinajstić information content (AvgIpc) is 1.26. The maximum atomic E-state index is 12.1. The van der Waals surface area contributed by atoms with Crippen LogP contribution in [0.5, 0.6) is 0 Å². The van der Waals surface area contributed by atoms with Gasteiger partial charge in [0.25, 0.3) is 6.71 Å². The van der Waals surface area contributed by atoms with Gasteiger partial charge in [0.15, 0.2) is 5.69 Å². The minimum Gasteiger partial charge on any atom is -0.310 e. The van der Waals surface area contributed by atoms with Gasteiger partial charge >= 0.3 is 0 Å². The molecule has 0 saturated carbocycles. The molecule has 4 heterocycles. The molecule has 0 fully saturated rings. The monoisotopic (exact) mass is 1520 g/mol. The van der Waals surface area contributed by atoms with Gasteiger partial charge in [-0.1, -0.05) is 297 Å². The van der Waals surface area contributed by atoms with Crippen molar-refractivity contribution >= 4 is 107 Å². The van der Waals surface area contributed by atoms with Crippen LogP contribution >= 0.6 is 0 Å². The molecule has 0 N–H and O–H groups in total. The molecule has 0 unspecified atom stereocenters. The van der Waals surface area contributed by atoms with Gasteiger partial charge in [0.05, 0.1) is 79.1 Å². The van der Waals surface area contributed by atoms with Crippen molar-refractivity contribution in [1.29, 1.82) is 5.26 Å². The summed E-state index contributed by atoms with van der Waals surface area (Å²) < 4.78 is 233. The Bertz CT molecular complexity index is 7400. The lowest BCUT2D eigenvalue weighted by atomic mass is 9.33. The smallest absolute Gasteiger partial charge is 0.252 e. The third kappa shape index (κ3) is 13.0. The van der Waals surface area contributed by atoms with Crippen molar-refractivity contribution in [2.24, 2.45) is 0 Å². The van der Waals surface area contributed by atoms with E-state index in [9.17, 15) is 35.4 Å². The topological polar surface area (TPSA) is 44.5 Å². The van der Waals surface area contributed by atoms with Crippen LogP contribution in [0.15, 0.2) is 254 Å². The van der Waals surface area contributed by atoms with Gasteiger partial charge in [-0.05, 0) is 224 Å². The number of benzene rings is 13. The van der Waals surface area contributed by atoms with Crippen LogP contribution in [0.1, 0.15) is 220 Å². The van der Waals surface area contributed by atoms with Crippen molar-refractivity contribution in [1.82, 2.24) is 9.13 Å². The molecular formula is C108H105BN6. The first kappa shape index (κ1) is 54.0. The third-order valence-electron chi connectivity index (χ3n) is 22.7. The van der Waals surface area contributed by atoms with Crippen LogP contribution in [0.25, 0.3) is 104 Å². The lowest BCUT2D eigenvalue weighted by Crippen LogP contribution is -2.61. The molecule has 2 aliphatic rings. The Morgan fingerprint density at radius 3 is 1.03 bits per heavy atom. The molecular weight excluding hydrogens is 1390 g/mol. The first-order chi connectivity index (χ1) is 63.6. The van der Waals surface area contributed by atoms with E-state index < -0.39 is 232 Å². The molecule has 115 heavy (non-hydrogen) atoms. The highest BCUT2D eigenvalue weighted by Gasteiger charge is 2.47. The van der Waals surface area contributed by atoms with Gasteiger partial charge in [-0.3, -0.25) is 0 Å². The molecule has 0 spiro atoms. The SMILES string of the molecule is [2H]c1c([2H])c(-n2c3c([2H])c([2H])c([2H])c([2H])c3c3c([2H])c(C#N)c([2H])c([2H])c32)c([2H])c2c1B1c3c([2H])c([2H])c(-n4c5c([2H])c([2H])c([2H])c([2H])c5c5c([2H])c([N+]#[C-])c([2H])c([2H])c54)c([2H])c3N(c3c(-c4cccc(C(C)(C)C)c4)cc(C(C)(C)C)cc3-c3cccc(C(C)(C)C)c3)c3c([2H])c(C(C)(C)C)c([2H])c(c31)N2c1c(-c2cccc(C(C)(C)C)c2)cc(C(C)(C)C)cc1-c1cccc(C(C)(C)C)c1. The third-order valence-corrected chi connectivity index (χ3v) is 22.7. The molecule has 13 aromatic carbocycles. The van der Waals surface area contributed by atoms with E-state index in [0.717, 1.165) is 42.5 Å². The van der Waals surface area contributed by atoms with Crippen LogP contribution in [0.4, 0.5) is 39.8 Å². The summed E-state index contributed by atoms with van der Waals surface area (Å²) in [5.74, 6) is 0. The molecule has 0 bridgehead atoms. The maximum Gasteiger partial charge on any atom is 0.252 e. The zero-order chi connectivity index (χ0) is 100. The number of nitrogens with zero attached hydrogens (tertiary/aromatic N) is 6. The molecule has 2 aromatic heterocycles. The fourth-order valence-electron chi connectivity index (χ4n) is 16.1. The fraction of sp³-hybridized carbons (Fsp3) is 0.259. The summed E-state index contributed by atoms with van der Waals surface area (Å²) in [5, 5.41) is 9.21. The molecule has 0 radical (unpaired) electrons. The second kappa shape index (κ2) is 26.9. The Morgan fingerprint density at radius 2 is 0.678 bits per heavy atom. The lowest BCUT2D eigenvalue weighted by Gasteiger charge is -2.47. The van der Waals surface area contributed by atoms with Gasteiger partial charge in [-0.25, -0.2) is 4.85 Å². The summed E-state index contributed by atoms with van der Waals surface area (Å²) in [5.41, 5.74) is -1.03. The van der Waals surface area contributed by atoms with E-state index in [2.05, 4.69) is 178 Å². The summed E-state index contributed by atoms with van der Waals surface area (Å²) in [6, 6.07) is 25.7. The Morgan fingerprint density at radius 1 is 0.339 bits per heavy atom. The Kier molecular flexibility index (Phi) is 12.6. The zero-order valence-corrected chi connectivity index (χ0v) is 69.3. The van der Waals surface area contributed by atoms with Crippen LogP contribution in [0.2, 0.25) is 0 Å². The predicted molar refractivity (Wildman–Crippen MR) is 493 cm³/mol. The molecule has 6 nitrogen and oxygen atoms in total. The van der Waals surface area contributed by atoms with Crippen LogP contribution in [0.3, 0.4) is 0 Å². The second-order valence-electron chi connectivity index (χ2n) is 38.0. The molecule has 15 aromatic rings. The van der Waals surface area contributed by atoms with Crippen molar-refractivity contribution in [3.63, 3.8) is 0 Å². The minimum atomic E-state index is -1.95. The van der Waals surface area contributed by atoms with Crippen molar-refractivity contribution < 1.29 is 30.2 Å². The Balaban J connectivity index is 1.23. The molecule has 7 heteroatoms. The number of fused-ring (bicyclic) bond motifs is 10. The van der Waals surface area contributed by atoms with Crippen LogP contribution in [0, 0.1) is 17.9 Å². The number of anilines is 6. The van der Waals surface area contributed by atoms with Crippen molar-refractivity contribution in [3.05, 3.63) is 310 Å². The number of para-hydroxylation sites is 2. The highest BCUT2D eigenvalue weighted by molar-refractivity contribution is 7.00. The number of aromatic nitrogens is 2. The summed E-state index contributed by atoms with van der Waals surface area (Å²) in [4.78, 5) is 7.00. The quantitative estimate of drug-likeness (QED) is 0.112. The highest BCUT2D eigenvalue weighted by Crippen LogP contribution is 2.57. The van der Waals surface area contributed by atoms with Crippen LogP contribution in [-0.4, -0.2) is 15.8 Å². The highest BCUT2D eigenvalue weighted by atomic mass is 15.2. The summed E-state index contributed by atoms with van der Waals surface area (Å²) in [7, 11) is 0. The number of nitriles is 1. The number of rotatable bonds is 8. The standard InChI is InChI=1S/C108H105BN6/c1-102(2,3)71-35-27-31-67(52-71)83-56-75(106(13,14)15)57-84(68-32-28-36-72(53-68)103(4,5)6)100(83)114-95-63-79(112-91-41-25-23-39-81(91)87-51-66(65-110)43-49-93(87)112)45-47-89(95)109-90-48-46-80(113-92-42-26-24-40-82(92)88-62-78(111-22)44-50-94(88)113)64-96(90)115(98-61-77(108(19,20)21)60-97(114)99(98)109)101-85(69-33-29-37-73(54-69)104(7,8)9)58-76(107(16,17)18)59-86(101)70-34-30-38-74(55-70)105(10,11)12/h23-64H,1-21H3/i23D,24D,25D,26D,39D,40D,41D,42D,43D,44D,45D,46D,47D,48D,49D,50D,51D,60D,61D,62D,63D,64D. The van der Waals surface area contributed by atoms with Crippen molar-refractivity contribution in [3.8, 4) is 62.0 Å². The van der Waals surface area contributed by atoms with Gasteiger partial charge in [0, 0.05) is 75.3 Å². The van der Waals surface area contributed by atoms with E-state index in [4.69, 9.17) is 6.57 Å². The Hall–Kier alpha value is -11.9. The van der Waals surface area contributed by atoms with E-state index in [1.54, 1.807) is 9.80 Å². The molecule has 0 aliphatic carbocycles. The lowest BCUT2D eigenvalue weighted by molar-refractivity contribution is 0.589. The zero-order valence-electron chi connectivity index (χ0n) is 91.3. The van der Waals surface area contributed by atoms with E-state index in [1.165, 1.54) is 0 Å². The van der Waals surface area contributed by atoms with Gasteiger partial charge in [-0.2, -0.15) is 5.26 Å². The van der Waals surface area contributed by atoms with E-state index in [1.807, 2.05) is 99.6 Å². The van der Waals surface area contributed by atoms with Crippen molar-refractivity contribution in [2.45, 2.75) is 183 Å². The molecule has 0 amide bonds. The van der Waals surface area contributed by atoms with Gasteiger partial charge in [-0.15, -0.1) is 0 Å². The van der Waals surface area contributed by atoms with Gasteiger partial charge in [0.2, 0.25) is 0 Å². The number of hydrogen-bond donors (Lipinski definition) is 0. The number of hydrogen-bond acceptors (Lipinski definition) is 3. The molecule has 0 saturated heterocycles. The summed E-state index contributed by atoms with van der Waals surface area (Å²) in [6.45, 7) is 49.5. The first-order valence-electron chi connectivity index (χ1n) is 50.3. The minimum absolute atomic E-state index is 0.0228. The maximum absolute atomic E-state index is 12.1. The first-order valence-corrected chi connectivity index (χ1v) is 39.3. The van der Waals surface area contributed by atoms with E-state index in [0.29, 0.717) is 44.5 Å². The van der Waals surface area contributed by atoms with E-state index >= 15 is 0 Å². The van der Waals surface area contributed by atoms with Crippen LogP contribution < -0.4 is 26.2 Å². The van der Waals surface area contributed by atoms with E-state index in [-0.39, 0.29) is 68.2 Å². The molecule has 0 atom stereocenters. The normalized spacial score (nSPS) is 16.0. The van der Waals surface area contributed by atoms with Crippen LogP contribution in [-0.2, 0) is 37.9 Å². The summed E-state index contributed by atoms with van der Waals surface area (Å²) >= 11 is 0. The summed E-state index contributed by atoms with van der Waals surface area (Å²) in [6.07, 6.45) is 0. The second-order valence-corrected chi connectivity index (χ2v) is 38.0. The van der Waals surface area contributed by atoms with Gasteiger partial charge in [0.1, 0.15) is 0 Å². The predicted octanol–water partition coefficient (Wildman–Crippen LogP) is 28.1. The molecule has 570 valence electrons.